The lowest BCUT2D eigenvalue weighted by Gasteiger charge is -2.30. The standard InChI is InChI=1S/C14H16BrN3O/c1-10(19)12-3-2-11(8-13(12)15)18-7-6-17-5-4-16-14(17)9-18/h2-5,8,10,19H,6-7,9H2,1H3/t10-/m1/s1. The summed E-state index contributed by atoms with van der Waals surface area (Å²) in [6, 6.07) is 6.11. The van der Waals surface area contributed by atoms with E-state index in [1.165, 1.54) is 0 Å². The highest BCUT2D eigenvalue weighted by Crippen LogP contribution is 2.29. The zero-order valence-corrected chi connectivity index (χ0v) is 12.3. The first-order valence-electron chi connectivity index (χ1n) is 6.37. The van der Waals surface area contributed by atoms with Crippen LogP contribution < -0.4 is 4.90 Å². The molecular formula is C14H16BrN3O. The van der Waals surface area contributed by atoms with Gasteiger partial charge in [-0.25, -0.2) is 4.98 Å². The summed E-state index contributed by atoms with van der Waals surface area (Å²) >= 11 is 3.53. The van der Waals surface area contributed by atoms with Crippen molar-refractivity contribution in [3.8, 4) is 0 Å². The van der Waals surface area contributed by atoms with Gasteiger partial charge in [0.05, 0.1) is 12.6 Å². The third kappa shape index (κ3) is 2.40. The van der Waals surface area contributed by atoms with Gasteiger partial charge >= 0.3 is 0 Å². The number of nitrogens with zero attached hydrogens (tertiary/aromatic N) is 3. The number of aliphatic hydroxyl groups excluding tert-OH is 1. The van der Waals surface area contributed by atoms with Crippen LogP contribution in [-0.2, 0) is 13.1 Å². The molecule has 19 heavy (non-hydrogen) atoms. The number of aromatic nitrogens is 2. The summed E-state index contributed by atoms with van der Waals surface area (Å²) in [5, 5.41) is 9.65. The maximum Gasteiger partial charge on any atom is 0.128 e. The molecule has 0 aliphatic carbocycles. The molecule has 0 saturated carbocycles. The Balaban J connectivity index is 1.86. The molecule has 1 aliphatic heterocycles. The fraction of sp³-hybridized carbons (Fsp3) is 0.357. The Morgan fingerprint density at radius 3 is 2.95 bits per heavy atom. The first-order chi connectivity index (χ1) is 9.15. The van der Waals surface area contributed by atoms with Crippen LogP contribution in [0.15, 0.2) is 35.1 Å². The Hall–Kier alpha value is -1.33. The van der Waals surface area contributed by atoms with Gasteiger partial charge in [-0.15, -0.1) is 0 Å². The molecule has 0 spiro atoms. The molecule has 1 aromatic carbocycles. The summed E-state index contributed by atoms with van der Waals surface area (Å²) in [7, 11) is 0. The van der Waals surface area contributed by atoms with E-state index in [0.717, 1.165) is 41.2 Å². The second-order valence-corrected chi connectivity index (χ2v) is 5.69. The lowest BCUT2D eigenvalue weighted by Crippen LogP contribution is -2.33. The van der Waals surface area contributed by atoms with Crippen LogP contribution in [0.25, 0.3) is 0 Å². The minimum Gasteiger partial charge on any atom is -0.389 e. The third-order valence-corrected chi connectivity index (χ3v) is 4.23. The van der Waals surface area contributed by atoms with Crippen LogP contribution in [-0.4, -0.2) is 21.2 Å². The second kappa shape index (κ2) is 4.98. The predicted octanol–water partition coefficient (Wildman–Crippen LogP) is 2.72. The van der Waals surface area contributed by atoms with E-state index < -0.39 is 6.10 Å². The van der Waals surface area contributed by atoms with E-state index in [-0.39, 0.29) is 0 Å². The molecule has 0 bridgehead atoms. The van der Waals surface area contributed by atoms with Crippen LogP contribution in [0.4, 0.5) is 5.69 Å². The summed E-state index contributed by atoms with van der Waals surface area (Å²) in [6.07, 6.45) is 3.42. The van der Waals surface area contributed by atoms with Gasteiger partial charge in [-0.3, -0.25) is 0 Å². The van der Waals surface area contributed by atoms with Crippen molar-refractivity contribution in [3.05, 3.63) is 46.5 Å². The lowest BCUT2D eigenvalue weighted by atomic mass is 10.1. The Bertz CT molecular complexity index is 594. The van der Waals surface area contributed by atoms with Crippen LogP contribution in [0.5, 0.6) is 0 Å². The number of benzene rings is 1. The van der Waals surface area contributed by atoms with Crippen molar-refractivity contribution in [2.45, 2.75) is 26.1 Å². The van der Waals surface area contributed by atoms with Crippen molar-refractivity contribution in [1.82, 2.24) is 9.55 Å². The number of rotatable bonds is 2. The van der Waals surface area contributed by atoms with Crippen LogP contribution in [0.1, 0.15) is 24.4 Å². The van der Waals surface area contributed by atoms with Crippen LogP contribution in [0.3, 0.4) is 0 Å². The molecule has 100 valence electrons. The van der Waals surface area contributed by atoms with Crippen molar-refractivity contribution in [1.29, 1.82) is 0 Å². The summed E-state index contributed by atoms with van der Waals surface area (Å²) in [5.41, 5.74) is 2.08. The molecule has 0 radical (unpaired) electrons. The molecule has 0 amide bonds. The number of hydrogen-bond donors (Lipinski definition) is 1. The summed E-state index contributed by atoms with van der Waals surface area (Å²) in [4.78, 5) is 6.67. The van der Waals surface area contributed by atoms with Crippen molar-refractivity contribution < 1.29 is 5.11 Å². The topological polar surface area (TPSA) is 41.3 Å². The van der Waals surface area contributed by atoms with Gasteiger partial charge in [0.1, 0.15) is 5.82 Å². The number of aliphatic hydroxyl groups is 1. The van der Waals surface area contributed by atoms with Gasteiger partial charge in [-0.2, -0.15) is 0 Å². The first kappa shape index (κ1) is 12.7. The first-order valence-corrected chi connectivity index (χ1v) is 7.17. The molecule has 1 aliphatic rings. The molecule has 1 aromatic heterocycles. The number of hydrogen-bond acceptors (Lipinski definition) is 3. The van der Waals surface area contributed by atoms with Gasteiger partial charge in [-0.05, 0) is 24.6 Å². The third-order valence-electron chi connectivity index (χ3n) is 3.54. The average Bonchev–Trinajstić information content (AvgIpc) is 2.85. The summed E-state index contributed by atoms with van der Waals surface area (Å²) in [6.45, 7) is 4.54. The maximum atomic E-state index is 9.65. The normalized spacial score (nSPS) is 16.3. The van der Waals surface area contributed by atoms with Crippen molar-refractivity contribution in [2.24, 2.45) is 0 Å². The minimum absolute atomic E-state index is 0.455. The van der Waals surface area contributed by atoms with Gasteiger partial charge in [0.15, 0.2) is 0 Å². The quantitative estimate of drug-likeness (QED) is 0.924. The van der Waals surface area contributed by atoms with Crippen molar-refractivity contribution >= 4 is 21.6 Å². The van der Waals surface area contributed by atoms with Gasteiger partial charge in [-0.1, -0.05) is 22.0 Å². The highest BCUT2D eigenvalue weighted by atomic mass is 79.9. The maximum absolute atomic E-state index is 9.65. The van der Waals surface area contributed by atoms with Gasteiger partial charge in [0, 0.05) is 35.6 Å². The second-order valence-electron chi connectivity index (χ2n) is 4.84. The Kier molecular flexibility index (Phi) is 3.33. The van der Waals surface area contributed by atoms with Gasteiger partial charge in [0.2, 0.25) is 0 Å². The van der Waals surface area contributed by atoms with E-state index in [1.807, 2.05) is 18.5 Å². The molecule has 2 aromatic rings. The fourth-order valence-corrected chi connectivity index (χ4v) is 3.14. The molecular weight excluding hydrogens is 306 g/mol. The number of fused-ring (bicyclic) bond motifs is 1. The van der Waals surface area contributed by atoms with E-state index >= 15 is 0 Å². The van der Waals surface area contributed by atoms with Crippen LogP contribution >= 0.6 is 15.9 Å². The molecule has 0 saturated heterocycles. The SMILES string of the molecule is C[C@@H](O)c1ccc(N2CCn3ccnc3C2)cc1Br. The van der Waals surface area contributed by atoms with E-state index in [9.17, 15) is 5.11 Å². The van der Waals surface area contributed by atoms with Crippen molar-refractivity contribution in [3.63, 3.8) is 0 Å². The average molecular weight is 322 g/mol. The Morgan fingerprint density at radius 1 is 1.37 bits per heavy atom. The molecule has 3 rings (SSSR count). The number of halogens is 1. The van der Waals surface area contributed by atoms with E-state index in [1.54, 1.807) is 6.92 Å². The number of anilines is 1. The molecule has 0 unspecified atom stereocenters. The zero-order chi connectivity index (χ0) is 13.4. The van der Waals surface area contributed by atoms with Crippen LogP contribution in [0, 0.1) is 0 Å². The van der Waals surface area contributed by atoms with E-state index in [4.69, 9.17) is 0 Å². The summed E-state index contributed by atoms with van der Waals surface area (Å²) in [5.74, 6) is 1.10. The number of imidazole rings is 1. The molecule has 4 nitrogen and oxygen atoms in total. The molecule has 5 heteroatoms. The van der Waals surface area contributed by atoms with E-state index in [0.29, 0.717) is 0 Å². The lowest BCUT2D eigenvalue weighted by molar-refractivity contribution is 0.198. The summed E-state index contributed by atoms with van der Waals surface area (Å²) < 4.78 is 3.14. The highest BCUT2D eigenvalue weighted by molar-refractivity contribution is 9.10. The van der Waals surface area contributed by atoms with Gasteiger partial charge in [0.25, 0.3) is 0 Å². The zero-order valence-electron chi connectivity index (χ0n) is 10.8. The Labute approximate surface area is 120 Å². The largest absolute Gasteiger partial charge is 0.389 e. The molecule has 2 heterocycles. The minimum atomic E-state index is -0.455. The Morgan fingerprint density at radius 2 is 2.21 bits per heavy atom. The van der Waals surface area contributed by atoms with E-state index in [2.05, 4.69) is 42.5 Å². The predicted molar refractivity (Wildman–Crippen MR) is 78.1 cm³/mol. The highest BCUT2D eigenvalue weighted by Gasteiger charge is 2.18. The molecule has 0 fully saturated rings. The van der Waals surface area contributed by atoms with Gasteiger partial charge < -0.3 is 14.6 Å². The van der Waals surface area contributed by atoms with Crippen LogP contribution in [0.2, 0.25) is 0 Å². The fourth-order valence-electron chi connectivity index (χ4n) is 2.45. The van der Waals surface area contributed by atoms with Crippen molar-refractivity contribution in [2.75, 3.05) is 11.4 Å². The smallest absolute Gasteiger partial charge is 0.128 e. The molecule has 1 N–H and O–H groups in total. The molecule has 1 atom stereocenters. The monoisotopic (exact) mass is 321 g/mol.